The number of hydrogen-bond acceptors (Lipinski definition) is 1. The van der Waals surface area contributed by atoms with Gasteiger partial charge in [0.25, 0.3) is 0 Å². The van der Waals surface area contributed by atoms with E-state index in [0.29, 0.717) is 0 Å². The van der Waals surface area contributed by atoms with Crippen molar-refractivity contribution in [2.75, 3.05) is 13.1 Å². The Hall–Kier alpha value is -0.530. The normalized spacial score (nSPS) is 20.1. The maximum absolute atomic E-state index is 10.7. The standard InChI is InChI=1S/C6H10NO/c1-2-7-5-3-4-6(7)8/h4H,2-3,5H2,1H3. The number of carbonyl (C=O) groups excluding carboxylic acids is 1. The van der Waals surface area contributed by atoms with Crippen LogP contribution < -0.4 is 0 Å². The van der Waals surface area contributed by atoms with Crippen molar-refractivity contribution in [3.05, 3.63) is 6.42 Å². The second-order valence-electron chi connectivity index (χ2n) is 1.91. The van der Waals surface area contributed by atoms with Gasteiger partial charge in [-0.2, -0.15) is 0 Å². The molecule has 45 valence electrons. The van der Waals surface area contributed by atoms with Crippen molar-refractivity contribution in [3.63, 3.8) is 0 Å². The first kappa shape index (κ1) is 5.60. The van der Waals surface area contributed by atoms with Gasteiger partial charge in [-0.25, -0.2) is 0 Å². The third-order valence-corrected chi connectivity index (χ3v) is 1.41. The summed E-state index contributed by atoms with van der Waals surface area (Å²) in [4.78, 5) is 12.5. The quantitative estimate of drug-likeness (QED) is 0.482. The van der Waals surface area contributed by atoms with Gasteiger partial charge in [0.05, 0.1) is 6.42 Å². The number of amides is 1. The highest BCUT2D eigenvalue weighted by Crippen LogP contribution is 2.06. The van der Waals surface area contributed by atoms with E-state index < -0.39 is 0 Å². The molecule has 0 saturated carbocycles. The van der Waals surface area contributed by atoms with Gasteiger partial charge in [0.2, 0.25) is 5.91 Å². The summed E-state index contributed by atoms with van der Waals surface area (Å²) in [6, 6.07) is 0. The van der Waals surface area contributed by atoms with E-state index in [1.165, 1.54) is 0 Å². The molecule has 8 heavy (non-hydrogen) atoms. The highest BCUT2D eigenvalue weighted by molar-refractivity contribution is 5.86. The molecule has 1 aliphatic heterocycles. The Morgan fingerprint density at radius 3 is 2.88 bits per heavy atom. The molecule has 2 heteroatoms. The van der Waals surface area contributed by atoms with E-state index >= 15 is 0 Å². The lowest BCUT2D eigenvalue weighted by Gasteiger charge is -2.09. The summed E-state index contributed by atoms with van der Waals surface area (Å²) in [7, 11) is 0. The van der Waals surface area contributed by atoms with Crippen molar-refractivity contribution in [3.8, 4) is 0 Å². The average Bonchev–Trinajstić information content (AvgIpc) is 2.14. The molecule has 0 aromatic heterocycles. The van der Waals surface area contributed by atoms with Crippen LogP contribution in [0.4, 0.5) is 0 Å². The molecule has 0 aromatic carbocycles. The molecule has 0 bridgehead atoms. The molecular formula is C6H10NO. The molecule has 0 spiro atoms. The lowest BCUT2D eigenvalue weighted by molar-refractivity contribution is -0.124. The minimum atomic E-state index is 0.201. The zero-order valence-corrected chi connectivity index (χ0v) is 5.05. The van der Waals surface area contributed by atoms with Crippen LogP contribution in [0.1, 0.15) is 13.3 Å². The van der Waals surface area contributed by atoms with Gasteiger partial charge in [-0.05, 0) is 13.3 Å². The van der Waals surface area contributed by atoms with Gasteiger partial charge >= 0.3 is 0 Å². The second-order valence-corrected chi connectivity index (χ2v) is 1.91. The van der Waals surface area contributed by atoms with Crippen molar-refractivity contribution < 1.29 is 4.79 Å². The third kappa shape index (κ3) is 0.831. The van der Waals surface area contributed by atoms with Gasteiger partial charge in [-0.15, -0.1) is 0 Å². The Balaban J connectivity index is 2.42. The van der Waals surface area contributed by atoms with Gasteiger partial charge in [0, 0.05) is 13.1 Å². The van der Waals surface area contributed by atoms with E-state index in [4.69, 9.17) is 0 Å². The average molecular weight is 112 g/mol. The molecular weight excluding hydrogens is 102 g/mol. The fourth-order valence-electron chi connectivity index (χ4n) is 0.897. The molecule has 1 amide bonds. The molecule has 0 aliphatic carbocycles. The minimum Gasteiger partial charge on any atom is -0.343 e. The van der Waals surface area contributed by atoms with Gasteiger partial charge in [0.15, 0.2) is 0 Å². The predicted octanol–water partition coefficient (Wildman–Crippen LogP) is 0.443. The molecule has 1 aliphatic rings. The Morgan fingerprint density at radius 2 is 2.62 bits per heavy atom. The number of rotatable bonds is 1. The molecule has 0 N–H and O–H groups in total. The molecule has 0 atom stereocenters. The second kappa shape index (κ2) is 2.16. The minimum absolute atomic E-state index is 0.201. The van der Waals surface area contributed by atoms with Crippen molar-refractivity contribution in [1.29, 1.82) is 0 Å². The van der Waals surface area contributed by atoms with Crippen LogP contribution in [0.15, 0.2) is 0 Å². The van der Waals surface area contributed by atoms with E-state index in [9.17, 15) is 4.79 Å². The van der Waals surface area contributed by atoms with Crippen molar-refractivity contribution >= 4 is 5.91 Å². The fraction of sp³-hybridized carbons (Fsp3) is 0.667. The summed E-state index contributed by atoms with van der Waals surface area (Å²) in [5, 5.41) is 0. The van der Waals surface area contributed by atoms with Gasteiger partial charge in [-0.1, -0.05) is 0 Å². The van der Waals surface area contributed by atoms with Gasteiger partial charge in [0.1, 0.15) is 0 Å². The van der Waals surface area contributed by atoms with Gasteiger partial charge < -0.3 is 4.90 Å². The topological polar surface area (TPSA) is 20.3 Å². The van der Waals surface area contributed by atoms with E-state index in [1.54, 1.807) is 6.42 Å². The van der Waals surface area contributed by atoms with Crippen molar-refractivity contribution in [2.24, 2.45) is 0 Å². The smallest absolute Gasteiger partial charge is 0.226 e. The summed E-state index contributed by atoms with van der Waals surface area (Å²) < 4.78 is 0. The van der Waals surface area contributed by atoms with E-state index in [1.807, 2.05) is 11.8 Å². The van der Waals surface area contributed by atoms with E-state index in [-0.39, 0.29) is 5.91 Å². The summed E-state index contributed by atoms with van der Waals surface area (Å²) in [5.41, 5.74) is 0. The number of nitrogens with zero attached hydrogens (tertiary/aromatic N) is 1. The van der Waals surface area contributed by atoms with Crippen LogP contribution in [0, 0.1) is 6.42 Å². The van der Waals surface area contributed by atoms with Crippen LogP contribution in [0.3, 0.4) is 0 Å². The van der Waals surface area contributed by atoms with Crippen LogP contribution in [0.2, 0.25) is 0 Å². The molecule has 0 unspecified atom stereocenters. The first-order chi connectivity index (χ1) is 3.84. The SMILES string of the molecule is CCN1CC[CH]C1=O. The first-order valence-electron chi connectivity index (χ1n) is 2.96. The Labute approximate surface area is 49.5 Å². The molecule has 1 saturated heterocycles. The third-order valence-electron chi connectivity index (χ3n) is 1.41. The highest BCUT2D eigenvalue weighted by Gasteiger charge is 2.17. The van der Waals surface area contributed by atoms with Crippen molar-refractivity contribution in [2.45, 2.75) is 13.3 Å². The van der Waals surface area contributed by atoms with Crippen LogP contribution in [-0.4, -0.2) is 23.9 Å². The maximum atomic E-state index is 10.7. The number of carbonyl (C=O) groups is 1. The molecule has 0 aromatic rings. The summed E-state index contributed by atoms with van der Waals surface area (Å²) in [6.45, 7) is 3.78. The maximum Gasteiger partial charge on any atom is 0.226 e. The Kier molecular flexibility index (Phi) is 1.51. The molecule has 1 heterocycles. The summed E-state index contributed by atoms with van der Waals surface area (Å²) in [6.07, 6.45) is 2.68. The summed E-state index contributed by atoms with van der Waals surface area (Å²) in [5.74, 6) is 0.201. The molecule has 1 rings (SSSR count). The van der Waals surface area contributed by atoms with Crippen molar-refractivity contribution in [1.82, 2.24) is 4.90 Å². The summed E-state index contributed by atoms with van der Waals surface area (Å²) >= 11 is 0. The zero-order valence-electron chi connectivity index (χ0n) is 5.05. The molecule has 1 radical (unpaired) electrons. The van der Waals surface area contributed by atoms with Crippen LogP contribution in [0.25, 0.3) is 0 Å². The Bertz CT molecular complexity index is 101. The fourth-order valence-corrected chi connectivity index (χ4v) is 0.897. The number of likely N-dealkylation sites (tertiary alicyclic amines) is 1. The largest absolute Gasteiger partial charge is 0.343 e. The molecule has 2 nitrogen and oxygen atoms in total. The zero-order chi connectivity index (χ0) is 5.98. The van der Waals surface area contributed by atoms with Crippen LogP contribution in [0.5, 0.6) is 0 Å². The van der Waals surface area contributed by atoms with E-state index in [0.717, 1.165) is 19.5 Å². The lowest BCUT2D eigenvalue weighted by atomic mass is 10.4. The first-order valence-corrected chi connectivity index (χ1v) is 2.96. The monoisotopic (exact) mass is 112 g/mol. The number of hydrogen-bond donors (Lipinski definition) is 0. The predicted molar refractivity (Wildman–Crippen MR) is 31.2 cm³/mol. The molecule has 1 fully saturated rings. The lowest BCUT2D eigenvalue weighted by Crippen LogP contribution is -2.23. The highest BCUT2D eigenvalue weighted by atomic mass is 16.2. The van der Waals surface area contributed by atoms with E-state index in [2.05, 4.69) is 0 Å². The van der Waals surface area contributed by atoms with Crippen LogP contribution in [-0.2, 0) is 4.79 Å². The Morgan fingerprint density at radius 1 is 1.88 bits per heavy atom. The van der Waals surface area contributed by atoms with Crippen LogP contribution >= 0.6 is 0 Å². The van der Waals surface area contributed by atoms with Gasteiger partial charge in [-0.3, -0.25) is 4.79 Å².